The van der Waals surface area contributed by atoms with Gasteiger partial charge in [0.25, 0.3) is 0 Å². The van der Waals surface area contributed by atoms with Crippen LogP contribution in [0.25, 0.3) is 55.8 Å². The van der Waals surface area contributed by atoms with Gasteiger partial charge in [0.1, 0.15) is 11.2 Å². The zero-order chi connectivity index (χ0) is 48.9. The Balaban J connectivity index is 0.000000181. The summed E-state index contributed by atoms with van der Waals surface area (Å²) in [5.74, 6) is 0. The molecule has 1 heterocycles. The zero-order valence-electron chi connectivity index (χ0n) is 42.5. The van der Waals surface area contributed by atoms with Crippen molar-refractivity contribution in [1.29, 1.82) is 0 Å². The number of furan rings is 1. The maximum Gasteiger partial charge on any atom is 0.136 e. The van der Waals surface area contributed by atoms with Gasteiger partial charge in [0.2, 0.25) is 0 Å². The van der Waals surface area contributed by atoms with Crippen molar-refractivity contribution in [1.82, 2.24) is 0 Å². The Labute approximate surface area is 412 Å². The van der Waals surface area contributed by atoms with E-state index in [0.29, 0.717) is 0 Å². The van der Waals surface area contributed by atoms with Gasteiger partial charge in [0, 0.05) is 33.0 Å². The van der Waals surface area contributed by atoms with Crippen molar-refractivity contribution in [3.05, 3.63) is 239 Å². The lowest BCUT2D eigenvalue weighted by atomic mass is 9.80. The lowest BCUT2D eigenvalue weighted by molar-refractivity contribution is 0.590. The maximum absolute atomic E-state index is 6.09. The standard InChI is InChI=1S/C33H27NO.C32H36.C2H6/c1-33(2)28-11-5-3-8-25(28)26-19-18-23(20-29(26)33)34-22-16-14-21(15-17-22)24-10-7-13-31-32(24)27-9-4-6-12-30(27)35-31;1-8-10-11-12-13-24(9-2)14-19-29-22-27-16-15-26(23-30(27)32(29,6)7)25-17-20-28(21-18-25)31(3,4)5;1-2/h4,6-20,34H,3,5H2,1-2H3;8-23H,1H2,2-7H3;1-2H3/b;11-10-,13-12-,19-14-,24-9-;. The number of allylic oxidation sites excluding steroid dienone is 14. The largest absolute Gasteiger partial charge is 0.456 e. The smallest absolute Gasteiger partial charge is 0.136 e. The molecule has 7 aromatic rings. The van der Waals surface area contributed by atoms with Crippen molar-refractivity contribution in [2.24, 2.45) is 0 Å². The first-order chi connectivity index (χ1) is 33.3. The van der Waals surface area contributed by atoms with Crippen molar-refractivity contribution >= 4 is 45.0 Å². The second-order valence-corrected chi connectivity index (χ2v) is 20.1. The molecule has 69 heavy (non-hydrogen) atoms. The Morgan fingerprint density at radius 1 is 0.638 bits per heavy atom. The molecular weight excluding hydrogens is 835 g/mol. The van der Waals surface area contributed by atoms with Crippen LogP contribution in [0.15, 0.2) is 216 Å². The fraction of sp³-hybridized carbons (Fsp3) is 0.224. The van der Waals surface area contributed by atoms with Gasteiger partial charge < -0.3 is 9.73 Å². The molecule has 0 fully saturated rings. The van der Waals surface area contributed by atoms with Crippen LogP contribution < -0.4 is 5.32 Å². The first-order valence-electron chi connectivity index (χ1n) is 24.9. The summed E-state index contributed by atoms with van der Waals surface area (Å²) in [5, 5.41) is 5.97. The second kappa shape index (κ2) is 20.2. The topological polar surface area (TPSA) is 25.2 Å². The molecule has 2 nitrogen and oxygen atoms in total. The van der Waals surface area contributed by atoms with Crippen LogP contribution in [0, 0.1) is 0 Å². The summed E-state index contributed by atoms with van der Waals surface area (Å²) >= 11 is 0. The summed E-state index contributed by atoms with van der Waals surface area (Å²) in [6.45, 7) is 25.9. The molecular formula is C67H69NO. The van der Waals surface area contributed by atoms with Gasteiger partial charge in [-0.3, -0.25) is 0 Å². The van der Waals surface area contributed by atoms with Crippen LogP contribution in [0.5, 0.6) is 0 Å². The normalized spacial score (nSPS) is 15.7. The minimum atomic E-state index is -0.0293. The number of anilines is 2. The first kappa shape index (κ1) is 48.3. The summed E-state index contributed by atoms with van der Waals surface area (Å²) in [7, 11) is 0. The highest BCUT2D eigenvalue weighted by Gasteiger charge is 2.38. The van der Waals surface area contributed by atoms with Gasteiger partial charge in [-0.15, -0.1) is 0 Å². The third kappa shape index (κ3) is 9.90. The Morgan fingerprint density at radius 3 is 2.07 bits per heavy atom. The third-order valence-corrected chi connectivity index (χ3v) is 14.0. The van der Waals surface area contributed by atoms with Crippen molar-refractivity contribution in [2.75, 3.05) is 5.32 Å². The third-order valence-electron chi connectivity index (χ3n) is 14.0. The zero-order valence-corrected chi connectivity index (χ0v) is 42.5. The van der Waals surface area contributed by atoms with Crippen molar-refractivity contribution in [3.8, 4) is 22.3 Å². The molecule has 1 aromatic heterocycles. The van der Waals surface area contributed by atoms with E-state index < -0.39 is 0 Å². The summed E-state index contributed by atoms with van der Waals surface area (Å²) in [6, 6.07) is 46.0. The molecule has 3 aliphatic carbocycles. The van der Waals surface area contributed by atoms with Crippen LogP contribution in [0.2, 0.25) is 0 Å². The predicted octanol–water partition coefficient (Wildman–Crippen LogP) is 19.5. The van der Waals surface area contributed by atoms with Crippen LogP contribution >= 0.6 is 0 Å². The van der Waals surface area contributed by atoms with Gasteiger partial charge in [-0.25, -0.2) is 0 Å². The Morgan fingerprint density at radius 2 is 1.33 bits per heavy atom. The number of hydrogen-bond donors (Lipinski definition) is 1. The molecule has 0 radical (unpaired) electrons. The van der Waals surface area contributed by atoms with E-state index in [4.69, 9.17) is 4.42 Å². The van der Waals surface area contributed by atoms with Crippen LogP contribution in [-0.4, -0.2) is 0 Å². The molecule has 0 aliphatic heterocycles. The molecule has 0 saturated carbocycles. The molecule has 0 spiro atoms. The van der Waals surface area contributed by atoms with E-state index in [1.165, 1.54) is 77.7 Å². The number of benzene rings is 6. The van der Waals surface area contributed by atoms with E-state index in [1.54, 1.807) is 6.08 Å². The summed E-state index contributed by atoms with van der Waals surface area (Å²) in [6.07, 6.45) is 25.9. The molecule has 3 aliphatic rings. The van der Waals surface area contributed by atoms with Gasteiger partial charge in [-0.2, -0.15) is 0 Å². The number of rotatable bonds is 9. The average Bonchev–Trinajstić information content (AvgIpc) is 3.95. The highest BCUT2D eigenvalue weighted by atomic mass is 16.3. The molecule has 2 heteroatoms. The van der Waals surface area contributed by atoms with Gasteiger partial charge in [0.05, 0.1) is 0 Å². The number of nitrogens with one attached hydrogen (secondary N) is 1. The molecule has 0 bridgehead atoms. The minimum absolute atomic E-state index is 0.0293. The lowest BCUT2D eigenvalue weighted by Gasteiger charge is -2.24. The van der Waals surface area contributed by atoms with Gasteiger partial charge in [-0.1, -0.05) is 221 Å². The molecule has 348 valence electrons. The Kier molecular flexibility index (Phi) is 14.1. The summed E-state index contributed by atoms with van der Waals surface area (Å²) in [5.41, 5.74) is 21.5. The van der Waals surface area contributed by atoms with E-state index in [-0.39, 0.29) is 16.2 Å². The minimum Gasteiger partial charge on any atom is -0.456 e. The molecule has 10 rings (SSSR count). The fourth-order valence-corrected chi connectivity index (χ4v) is 10.0. The van der Waals surface area contributed by atoms with Gasteiger partial charge in [0.15, 0.2) is 0 Å². The Bertz CT molecular complexity index is 3230. The van der Waals surface area contributed by atoms with E-state index in [9.17, 15) is 0 Å². The molecule has 1 N–H and O–H groups in total. The summed E-state index contributed by atoms with van der Waals surface area (Å²) < 4.78 is 6.09. The lowest BCUT2D eigenvalue weighted by Crippen LogP contribution is -2.16. The molecule has 0 amide bonds. The molecule has 6 aromatic carbocycles. The fourth-order valence-electron chi connectivity index (χ4n) is 10.0. The predicted molar refractivity (Wildman–Crippen MR) is 302 cm³/mol. The molecule has 0 unspecified atom stereocenters. The maximum atomic E-state index is 6.09. The number of hydrogen-bond acceptors (Lipinski definition) is 2. The van der Waals surface area contributed by atoms with Gasteiger partial charge >= 0.3 is 0 Å². The SMILES string of the molecule is C=C\C=C/C=C\C(\C=C/C1=Cc2ccc(-c3ccc(C(C)(C)C)cc3)cc2C1(C)C)=C\C.CC.CC1(C)C2=CCCC=C2c2ccc(Nc3ccc(-c4cccc5oc6ccccc6c45)cc3)cc21. The summed E-state index contributed by atoms with van der Waals surface area (Å²) in [4.78, 5) is 0. The first-order valence-corrected chi connectivity index (χ1v) is 24.9. The highest BCUT2D eigenvalue weighted by Crippen LogP contribution is 2.52. The van der Waals surface area contributed by atoms with E-state index in [2.05, 4.69) is 219 Å². The van der Waals surface area contributed by atoms with Crippen molar-refractivity contribution in [2.45, 2.75) is 98.3 Å². The van der Waals surface area contributed by atoms with Crippen molar-refractivity contribution < 1.29 is 4.42 Å². The van der Waals surface area contributed by atoms with Crippen LogP contribution in [0.4, 0.5) is 11.4 Å². The van der Waals surface area contributed by atoms with Crippen LogP contribution in [0.1, 0.15) is 110 Å². The number of fused-ring (bicyclic) bond motifs is 7. The van der Waals surface area contributed by atoms with Crippen molar-refractivity contribution in [3.63, 3.8) is 0 Å². The van der Waals surface area contributed by atoms with Gasteiger partial charge in [-0.05, 0) is 140 Å². The monoisotopic (exact) mass is 904 g/mol. The van der Waals surface area contributed by atoms with Crippen LogP contribution in [-0.2, 0) is 16.2 Å². The molecule has 0 atom stereocenters. The quantitative estimate of drug-likeness (QED) is 0.146. The highest BCUT2D eigenvalue weighted by molar-refractivity contribution is 6.12. The second-order valence-electron chi connectivity index (χ2n) is 20.1. The van der Waals surface area contributed by atoms with Crippen LogP contribution in [0.3, 0.4) is 0 Å². The van der Waals surface area contributed by atoms with E-state index in [1.807, 2.05) is 50.3 Å². The van der Waals surface area contributed by atoms with E-state index >= 15 is 0 Å². The number of para-hydroxylation sites is 1. The van der Waals surface area contributed by atoms with E-state index in [0.717, 1.165) is 40.8 Å². The molecule has 0 saturated heterocycles. The Hall–Kier alpha value is -7.16. The average molecular weight is 904 g/mol.